The van der Waals surface area contributed by atoms with Crippen molar-refractivity contribution in [3.8, 4) is 0 Å². The molecule has 0 aliphatic heterocycles. The van der Waals surface area contributed by atoms with E-state index >= 15 is 0 Å². The van der Waals surface area contributed by atoms with Crippen molar-refractivity contribution in [1.29, 1.82) is 0 Å². The number of carbonyl (C=O) groups excluding carboxylic acids is 2. The lowest BCUT2D eigenvalue weighted by atomic mass is 10.0. The van der Waals surface area contributed by atoms with E-state index in [1.54, 1.807) is 0 Å². The third kappa shape index (κ3) is 15.2. The lowest BCUT2D eigenvalue weighted by Crippen LogP contribution is -2.42. The summed E-state index contributed by atoms with van der Waals surface area (Å²) >= 11 is 1.53. The lowest BCUT2D eigenvalue weighted by molar-refractivity contribution is -0.143. The minimum absolute atomic E-state index is 0.131. The van der Waals surface area contributed by atoms with Gasteiger partial charge in [0, 0.05) is 36.4 Å². The number of amides is 1. The van der Waals surface area contributed by atoms with Gasteiger partial charge in [-0.05, 0) is 25.5 Å². The number of pyridine rings is 1. The average molecular weight is 712 g/mol. The molecule has 1 atom stereocenters. The van der Waals surface area contributed by atoms with Gasteiger partial charge in [0.2, 0.25) is 5.91 Å². The highest BCUT2D eigenvalue weighted by molar-refractivity contribution is 7.99. The maximum atomic E-state index is 12.6. The number of fused-ring (bicyclic) bond motifs is 3. The van der Waals surface area contributed by atoms with Crippen molar-refractivity contribution in [2.24, 2.45) is 5.73 Å². The molecule has 6 N–H and O–H groups in total. The number of unbranched alkanes of at least 4 members (excludes halogenated alkanes) is 14. The maximum absolute atomic E-state index is 12.6. The second-order valence-electron chi connectivity index (χ2n) is 13.4. The molecule has 3 rings (SSSR count). The molecule has 2 heterocycles. The summed E-state index contributed by atoms with van der Waals surface area (Å²) in [5, 5.41) is 7.34. The van der Waals surface area contributed by atoms with Gasteiger partial charge in [-0.3, -0.25) is 9.59 Å². The van der Waals surface area contributed by atoms with Gasteiger partial charge < -0.3 is 31.4 Å². The summed E-state index contributed by atoms with van der Waals surface area (Å²) < 4.78 is 7.57. The number of imidazole rings is 1. The van der Waals surface area contributed by atoms with Gasteiger partial charge in [0.15, 0.2) is 5.82 Å². The zero-order chi connectivity index (χ0) is 35.8. The average Bonchev–Trinajstić information content (AvgIpc) is 3.49. The number of hydrogen-bond acceptors (Lipinski definition) is 9. The standard InChI is InChI=1S/C39H65N7O3S/c1-3-5-6-7-8-9-10-11-12-13-14-15-16-17-18-24-35(47)49-27-28-50-30-32(40)39(48)43-25-21-26-46-34(29-42-4-2)45-36-37(46)31-22-19-20-23-33(31)44-38(36)41/h19-20,22-23,32,42H,3-18,21,24-30,40H2,1-2H3,(H2,41,44)(H,43,48). The fraction of sp³-hybridized carbons (Fsp3) is 0.692. The number of anilines is 1. The molecule has 1 unspecified atom stereocenters. The van der Waals surface area contributed by atoms with Crippen molar-refractivity contribution < 1.29 is 14.3 Å². The van der Waals surface area contributed by atoms with E-state index in [0.717, 1.165) is 41.6 Å². The fourth-order valence-corrected chi connectivity index (χ4v) is 7.08. The molecule has 11 heteroatoms. The van der Waals surface area contributed by atoms with Crippen LogP contribution in [0.3, 0.4) is 0 Å². The van der Waals surface area contributed by atoms with E-state index in [2.05, 4.69) is 34.0 Å². The molecule has 0 bridgehead atoms. The Bertz CT molecular complexity index is 1400. The summed E-state index contributed by atoms with van der Waals surface area (Å²) in [7, 11) is 0. The Morgan fingerprint density at radius 2 is 1.52 bits per heavy atom. The minimum Gasteiger partial charge on any atom is -0.465 e. The minimum atomic E-state index is -0.621. The summed E-state index contributed by atoms with van der Waals surface area (Å²) in [4.78, 5) is 34.1. The highest BCUT2D eigenvalue weighted by Gasteiger charge is 2.18. The summed E-state index contributed by atoms with van der Waals surface area (Å²) in [6.07, 6.45) is 20.8. The topological polar surface area (TPSA) is 150 Å². The van der Waals surface area contributed by atoms with Gasteiger partial charge in [-0.15, -0.1) is 0 Å². The SMILES string of the molecule is CCCCCCCCCCCCCCCCCC(=O)OCCSCC(N)C(=O)NCCCn1c(CNCC)nc2c(N)nc3ccccc3c21. The molecule has 1 aromatic carbocycles. The first-order valence-corrected chi connectivity index (χ1v) is 20.6. The van der Waals surface area contributed by atoms with Crippen molar-refractivity contribution in [3.63, 3.8) is 0 Å². The number of ether oxygens (including phenoxy) is 1. The van der Waals surface area contributed by atoms with Crippen LogP contribution in [0.15, 0.2) is 24.3 Å². The number of rotatable bonds is 29. The van der Waals surface area contributed by atoms with Crippen molar-refractivity contribution in [2.45, 2.75) is 142 Å². The zero-order valence-corrected chi connectivity index (χ0v) is 31.8. The molecule has 0 aliphatic carbocycles. The maximum Gasteiger partial charge on any atom is 0.305 e. The van der Waals surface area contributed by atoms with Crippen molar-refractivity contribution in [1.82, 2.24) is 25.2 Å². The largest absolute Gasteiger partial charge is 0.465 e. The highest BCUT2D eigenvalue weighted by atomic mass is 32.2. The smallest absolute Gasteiger partial charge is 0.305 e. The first-order chi connectivity index (χ1) is 24.5. The molecular weight excluding hydrogens is 647 g/mol. The van der Waals surface area contributed by atoms with E-state index in [1.165, 1.54) is 95.2 Å². The Balaban J connectivity index is 1.20. The van der Waals surface area contributed by atoms with E-state index in [1.807, 2.05) is 24.3 Å². The van der Waals surface area contributed by atoms with Gasteiger partial charge in [-0.25, -0.2) is 9.97 Å². The Morgan fingerprint density at radius 1 is 0.880 bits per heavy atom. The van der Waals surface area contributed by atoms with Gasteiger partial charge in [0.25, 0.3) is 0 Å². The Hall–Kier alpha value is -2.89. The quantitative estimate of drug-likeness (QED) is 0.0421. The first kappa shape index (κ1) is 41.5. The van der Waals surface area contributed by atoms with E-state index in [9.17, 15) is 9.59 Å². The Kier molecular flexibility index (Phi) is 20.9. The van der Waals surface area contributed by atoms with Crippen LogP contribution in [-0.4, -0.2) is 63.7 Å². The summed E-state index contributed by atoms with van der Waals surface area (Å²) in [5.74, 6) is 2.10. The predicted octanol–water partition coefficient (Wildman–Crippen LogP) is 7.65. The number of nitrogens with one attached hydrogen (secondary N) is 2. The molecule has 0 fully saturated rings. The summed E-state index contributed by atoms with van der Waals surface area (Å²) in [6, 6.07) is 7.32. The lowest BCUT2D eigenvalue weighted by Gasteiger charge is -2.14. The van der Waals surface area contributed by atoms with Crippen molar-refractivity contribution in [2.75, 3.05) is 36.9 Å². The number of nitrogen functional groups attached to an aromatic ring is 1. The van der Waals surface area contributed by atoms with Crippen LogP contribution in [0.4, 0.5) is 5.82 Å². The molecule has 0 saturated heterocycles. The number of benzene rings is 1. The summed E-state index contributed by atoms with van der Waals surface area (Å²) in [6.45, 7) is 7.28. The normalized spacial score (nSPS) is 12.1. The molecule has 10 nitrogen and oxygen atoms in total. The van der Waals surface area contributed by atoms with Crippen LogP contribution in [-0.2, 0) is 27.4 Å². The highest BCUT2D eigenvalue weighted by Crippen LogP contribution is 2.29. The molecule has 50 heavy (non-hydrogen) atoms. The van der Waals surface area contributed by atoms with E-state index in [-0.39, 0.29) is 11.9 Å². The van der Waals surface area contributed by atoms with Crippen LogP contribution in [0.2, 0.25) is 0 Å². The third-order valence-electron chi connectivity index (χ3n) is 9.19. The van der Waals surface area contributed by atoms with E-state index in [4.69, 9.17) is 21.2 Å². The van der Waals surface area contributed by atoms with Crippen LogP contribution in [0, 0.1) is 0 Å². The molecule has 0 aliphatic rings. The van der Waals surface area contributed by atoms with Gasteiger partial charge in [0.05, 0.1) is 23.6 Å². The number of nitrogens with zero attached hydrogens (tertiary/aromatic N) is 3. The van der Waals surface area contributed by atoms with Gasteiger partial charge in [-0.2, -0.15) is 11.8 Å². The fourth-order valence-electron chi connectivity index (χ4n) is 6.31. The molecule has 1 amide bonds. The van der Waals surface area contributed by atoms with Gasteiger partial charge in [-0.1, -0.05) is 122 Å². The molecule has 3 aromatic rings. The molecular formula is C39H65N7O3S. The monoisotopic (exact) mass is 711 g/mol. The van der Waals surface area contributed by atoms with Crippen LogP contribution >= 0.6 is 11.8 Å². The zero-order valence-electron chi connectivity index (χ0n) is 31.0. The van der Waals surface area contributed by atoms with Crippen LogP contribution in [0.1, 0.15) is 129 Å². The number of carbonyl (C=O) groups is 2. The number of hydrogen-bond donors (Lipinski definition) is 4. The molecule has 280 valence electrons. The van der Waals surface area contributed by atoms with Crippen LogP contribution in [0.25, 0.3) is 21.9 Å². The summed E-state index contributed by atoms with van der Waals surface area (Å²) in [5.41, 5.74) is 15.0. The number of aryl methyl sites for hydroxylation is 1. The van der Waals surface area contributed by atoms with Crippen molar-refractivity contribution >= 4 is 51.4 Å². The Morgan fingerprint density at radius 3 is 2.18 bits per heavy atom. The Labute approximate surface area is 305 Å². The second kappa shape index (κ2) is 25.1. The van der Waals surface area contributed by atoms with Crippen LogP contribution < -0.4 is 22.1 Å². The van der Waals surface area contributed by atoms with Crippen LogP contribution in [0.5, 0.6) is 0 Å². The number of nitrogens with two attached hydrogens (primary N) is 2. The molecule has 2 aromatic heterocycles. The number of para-hydroxylation sites is 1. The predicted molar refractivity (Wildman–Crippen MR) is 210 cm³/mol. The molecule has 0 saturated carbocycles. The number of esters is 1. The third-order valence-corrected chi connectivity index (χ3v) is 10.2. The molecule has 0 radical (unpaired) electrons. The van der Waals surface area contributed by atoms with E-state index in [0.29, 0.717) is 61.9 Å². The van der Waals surface area contributed by atoms with Crippen molar-refractivity contribution in [3.05, 3.63) is 30.1 Å². The first-order valence-electron chi connectivity index (χ1n) is 19.5. The number of thioether (sulfide) groups is 1. The molecule has 0 spiro atoms. The van der Waals surface area contributed by atoms with E-state index < -0.39 is 6.04 Å². The van der Waals surface area contributed by atoms with Gasteiger partial charge >= 0.3 is 5.97 Å². The second-order valence-corrected chi connectivity index (χ2v) is 14.6. The van der Waals surface area contributed by atoms with Gasteiger partial charge in [0.1, 0.15) is 17.9 Å². The number of aromatic nitrogens is 3.